The van der Waals surface area contributed by atoms with Gasteiger partial charge in [-0.15, -0.1) is 0 Å². The highest BCUT2D eigenvalue weighted by Gasteiger charge is 2.30. The molecule has 2 amide bonds. The van der Waals surface area contributed by atoms with Crippen LogP contribution in [0, 0.1) is 25.5 Å². The number of hydrogen-bond donors (Lipinski definition) is 1. The number of rotatable bonds is 7. The van der Waals surface area contributed by atoms with Crippen molar-refractivity contribution in [1.29, 1.82) is 0 Å². The normalized spacial score (nSPS) is 13.9. The molecule has 2 heterocycles. The van der Waals surface area contributed by atoms with Gasteiger partial charge in [0.1, 0.15) is 17.5 Å². The Morgan fingerprint density at radius 2 is 1.68 bits per heavy atom. The van der Waals surface area contributed by atoms with Crippen molar-refractivity contribution in [2.45, 2.75) is 39.0 Å². The molecule has 3 aromatic rings. The third-order valence-corrected chi connectivity index (χ3v) is 6.87. The zero-order valence-electron chi connectivity index (χ0n) is 21.1. The molecule has 0 radical (unpaired) electrons. The first kappa shape index (κ1) is 27.3. The van der Waals surface area contributed by atoms with Crippen LogP contribution in [0.3, 0.4) is 0 Å². The van der Waals surface area contributed by atoms with Crippen LogP contribution < -0.4 is 5.32 Å². The molecule has 10 heteroatoms. The summed E-state index contributed by atoms with van der Waals surface area (Å²) in [5, 5.41) is 3.10. The molecule has 1 saturated heterocycles. The van der Waals surface area contributed by atoms with E-state index in [-0.39, 0.29) is 36.1 Å². The standard InChI is InChI=1S/C28H27ClF2N4O3/c1-16-26(28(38)32-15-24(36)19-5-3-6-20(29)13-19)27(34-17(2)33-16)18-9-11-35(12-10-18)25(37)14-21-22(30)7-4-8-23(21)31/h3-8,13,18H,9-12,14-15H2,1-2H3,(H,32,38). The third kappa shape index (κ3) is 6.22. The molecular formula is C28H27ClF2N4O3. The molecule has 0 spiro atoms. The minimum absolute atomic E-state index is 0.131. The summed E-state index contributed by atoms with van der Waals surface area (Å²) in [6, 6.07) is 10.0. The lowest BCUT2D eigenvalue weighted by atomic mass is 9.89. The number of aryl methyl sites for hydroxylation is 2. The summed E-state index contributed by atoms with van der Waals surface area (Å²) in [5.74, 6) is -2.21. The van der Waals surface area contributed by atoms with Gasteiger partial charge in [-0.1, -0.05) is 29.8 Å². The number of nitrogens with zero attached hydrogens (tertiary/aromatic N) is 3. The Bertz CT molecular complexity index is 1370. The Kier molecular flexibility index (Phi) is 8.46. The van der Waals surface area contributed by atoms with E-state index in [0.717, 1.165) is 12.1 Å². The van der Waals surface area contributed by atoms with E-state index in [1.807, 2.05) is 0 Å². The summed E-state index contributed by atoms with van der Waals surface area (Å²) in [5.41, 5.74) is 1.52. The Labute approximate surface area is 224 Å². The van der Waals surface area contributed by atoms with Gasteiger partial charge in [0.15, 0.2) is 5.78 Å². The largest absolute Gasteiger partial charge is 0.344 e. The van der Waals surface area contributed by atoms with E-state index in [0.29, 0.717) is 59.3 Å². The zero-order chi connectivity index (χ0) is 27.4. The lowest BCUT2D eigenvalue weighted by Gasteiger charge is -2.32. The molecule has 4 rings (SSSR count). The van der Waals surface area contributed by atoms with Gasteiger partial charge < -0.3 is 10.2 Å². The number of amides is 2. The molecule has 2 aromatic carbocycles. The number of hydrogen-bond acceptors (Lipinski definition) is 5. The number of carbonyl (C=O) groups is 3. The van der Waals surface area contributed by atoms with E-state index in [9.17, 15) is 23.2 Å². The zero-order valence-corrected chi connectivity index (χ0v) is 21.8. The maximum atomic E-state index is 14.0. The highest BCUT2D eigenvalue weighted by molar-refractivity contribution is 6.31. The summed E-state index contributed by atoms with van der Waals surface area (Å²) >= 11 is 5.96. The predicted octanol–water partition coefficient (Wildman–Crippen LogP) is 4.59. The van der Waals surface area contributed by atoms with Gasteiger partial charge in [0.25, 0.3) is 5.91 Å². The molecule has 1 aliphatic rings. The van der Waals surface area contributed by atoms with Crippen LogP contribution in [0.25, 0.3) is 0 Å². The fourth-order valence-electron chi connectivity index (χ4n) is 4.69. The quantitative estimate of drug-likeness (QED) is 0.443. The van der Waals surface area contributed by atoms with Gasteiger partial charge in [0.05, 0.1) is 29.9 Å². The molecule has 0 bridgehead atoms. The molecule has 0 saturated carbocycles. The lowest BCUT2D eigenvalue weighted by Crippen LogP contribution is -2.40. The van der Waals surface area contributed by atoms with Crippen molar-refractivity contribution < 1.29 is 23.2 Å². The fraction of sp³-hybridized carbons (Fsp3) is 0.321. The first-order chi connectivity index (χ1) is 18.1. The minimum Gasteiger partial charge on any atom is -0.344 e. The topological polar surface area (TPSA) is 92.3 Å². The SMILES string of the molecule is Cc1nc(C)c(C(=O)NCC(=O)c2cccc(Cl)c2)c(C2CCN(C(=O)Cc3c(F)cccc3F)CC2)n1. The van der Waals surface area contributed by atoms with Crippen molar-refractivity contribution in [2.24, 2.45) is 0 Å². The summed E-state index contributed by atoms with van der Waals surface area (Å²) in [4.78, 5) is 48.9. The highest BCUT2D eigenvalue weighted by atomic mass is 35.5. The second kappa shape index (κ2) is 11.8. The van der Waals surface area contributed by atoms with Gasteiger partial charge in [-0.05, 0) is 51.0 Å². The van der Waals surface area contributed by atoms with Crippen molar-refractivity contribution in [1.82, 2.24) is 20.2 Å². The summed E-state index contributed by atoms with van der Waals surface area (Å²) in [6.45, 7) is 3.95. The minimum atomic E-state index is -0.746. The Morgan fingerprint density at radius 3 is 2.34 bits per heavy atom. The molecule has 1 fully saturated rings. The number of benzene rings is 2. The van der Waals surface area contributed by atoms with Gasteiger partial charge in [-0.3, -0.25) is 14.4 Å². The molecular weight excluding hydrogens is 514 g/mol. The second-order valence-corrected chi connectivity index (χ2v) is 9.70. The van der Waals surface area contributed by atoms with Crippen molar-refractivity contribution >= 4 is 29.2 Å². The number of aromatic nitrogens is 2. The lowest BCUT2D eigenvalue weighted by molar-refractivity contribution is -0.131. The first-order valence-corrected chi connectivity index (χ1v) is 12.6. The number of carbonyl (C=O) groups excluding carboxylic acids is 3. The average Bonchev–Trinajstić information content (AvgIpc) is 2.89. The molecule has 1 aliphatic heterocycles. The van der Waals surface area contributed by atoms with E-state index in [2.05, 4.69) is 15.3 Å². The summed E-state index contributed by atoms with van der Waals surface area (Å²) < 4.78 is 28.0. The van der Waals surface area contributed by atoms with Gasteiger partial charge >= 0.3 is 0 Å². The van der Waals surface area contributed by atoms with E-state index in [4.69, 9.17) is 11.6 Å². The van der Waals surface area contributed by atoms with Crippen LogP contribution in [-0.2, 0) is 11.2 Å². The van der Waals surface area contributed by atoms with Crippen LogP contribution in [0.15, 0.2) is 42.5 Å². The Morgan fingerprint density at radius 1 is 1.03 bits per heavy atom. The van der Waals surface area contributed by atoms with Crippen molar-refractivity contribution in [3.05, 3.63) is 93.0 Å². The van der Waals surface area contributed by atoms with E-state index in [1.165, 1.54) is 12.1 Å². The van der Waals surface area contributed by atoms with Crippen molar-refractivity contribution in [3.8, 4) is 0 Å². The number of ketones is 1. The van der Waals surface area contributed by atoms with Crippen LogP contribution >= 0.6 is 11.6 Å². The maximum Gasteiger partial charge on any atom is 0.255 e. The fourth-order valence-corrected chi connectivity index (χ4v) is 4.88. The van der Waals surface area contributed by atoms with E-state index >= 15 is 0 Å². The molecule has 1 N–H and O–H groups in total. The van der Waals surface area contributed by atoms with Gasteiger partial charge in [0, 0.05) is 35.2 Å². The molecule has 7 nitrogen and oxygen atoms in total. The molecule has 0 aliphatic carbocycles. The molecule has 38 heavy (non-hydrogen) atoms. The molecule has 0 atom stereocenters. The van der Waals surface area contributed by atoms with Gasteiger partial charge in [0.2, 0.25) is 5.91 Å². The Hall–Kier alpha value is -3.72. The van der Waals surface area contributed by atoms with Gasteiger partial charge in [-0.2, -0.15) is 0 Å². The predicted molar refractivity (Wildman–Crippen MR) is 138 cm³/mol. The van der Waals surface area contributed by atoms with Crippen LogP contribution in [0.2, 0.25) is 5.02 Å². The van der Waals surface area contributed by atoms with Crippen LogP contribution in [0.4, 0.5) is 8.78 Å². The van der Waals surface area contributed by atoms with Crippen LogP contribution in [-0.4, -0.2) is 52.1 Å². The Balaban J connectivity index is 1.44. The molecule has 0 unspecified atom stereocenters. The molecule has 198 valence electrons. The molecule has 1 aromatic heterocycles. The highest BCUT2D eigenvalue weighted by Crippen LogP contribution is 2.31. The number of nitrogens with one attached hydrogen (secondary N) is 1. The van der Waals surface area contributed by atoms with Crippen LogP contribution in [0.5, 0.6) is 0 Å². The van der Waals surface area contributed by atoms with Gasteiger partial charge in [-0.25, -0.2) is 18.7 Å². The smallest absolute Gasteiger partial charge is 0.255 e. The van der Waals surface area contributed by atoms with Crippen molar-refractivity contribution in [3.63, 3.8) is 0 Å². The monoisotopic (exact) mass is 540 g/mol. The number of piperidine rings is 1. The number of likely N-dealkylation sites (tertiary alicyclic amines) is 1. The van der Waals surface area contributed by atoms with E-state index < -0.39 is 17.5 Å². The van der Waals surface area contributed by atoms with E-state index in [1.54, 1.807) is 36.9 Å². The maximum absolute atomic E-state index is 14.0. The number of Topliss-reactive ketones (excluding diaryl/α,β-unsaturated/α-hetero) is 1. The first-order valence-electron chi connectivity index (χ1n) is 12.3. The third-order valence-electron chi connectivity index (χ3n) is 6.64. The summed E-state index contributed by atoms with van der Waals surface area (Å²) in [7, 11) is 0. The van der Waals surface area contributed by atoms with Crippen LogP contribution in [0.1, 0.15) is 62.3 Å². The summed E-state index contributed by atoms with van der Waals surface area (Å²) in [6.07, 6.45) is 0.676. The van der Waals surface area contributed by atoms with Crippen molar-refractivity contribution in [2.75, 3.05) is 19.6 Å². The average molecular weight is 541 g/mol. The second-order valence-electron chi connectivity index (χ2n) is 9.26. The number of halogens is 3.